The highest BCUT2D eigenvalue weighted by molar-refractivity contribution is 14.0. The van der Waals surface area contributed by atoms with Crippen molar-refractivity contribution >= 4 is 29.9 Å². The number of piperidine rings is 1. The Bertz CT molecular complexity index is 722. The maximum Gasteiger partial charge on any atom is 0.191 e. The Morgan fingerprint density at radius 1 is 1.17 bits per heavy atom. The summed E-state index contributed by atoms with van der Waals surface area (Å²) in [5, 5.41) is 11.5. The fourth-order valence-electron chi connectivity index (χ4n) is 3.64. The molecule has 1 aliphatic rings. The Morgan fingerprint density at radius 2 is 1.93 bits per heavy atom. The van der Waals surface area contributed by atoms with Crippen LogP contribution < -0.4 is 10.6 Å². The number of rotatable bonds is 8. The maximum absolute atomic E-state index is 4.78. The van der Waals surface area contributed by atoms with Gasteiger partial charge in [-0.1, -0.05) is 25.1 Å². The first-order valence-corrected chi connectivity index (χ1v) is 10.6. The largest absolute Gasteiger partial charge is 0.357 e. The summed E-state index contributed by atoms with van der Waals surface area (Å²) in [6.45, 7) is 9.59. The molecule has 160 valence electrons. The molecule has 1 aromatic heterocycles. The first-order chi connectivity index (χ1) is 13.8. The number of nitrogens with one attached hydrogen (secondary N) is 2. The molecule has 29 heavy (non-hydrogen) atoms. The zero-order chi connectivity index (χ0) is 19.6. The standard InChI is InChI=1S/C22H34N6.HI/c1-3-14-27-15-11-20(12-16-27)26-22(23-4-2)24-13-10-19-17-25-28(18-19)21-8-6-5-7-9-21;/h5-9,17-18,20H,3-4,10-16H2,1-2H3,(H2,23,24,26);1H. The van der Waals surface area contributed by atoms with Gasteiger partial charge >= 0.3 is 0 Å². The zero-order valence-electron chi connectivity index (χ0n) is 17.7. The van der Waals surface area contributed by atoms with Crippen molar-refractivity contribution in [3.05, 3.63) is 48.3 Å². The Hall–Kier alpha value is -1.61. The van der Waals surface area contributed by atoms with Crippen molar-refractivity contribution in [2.45, 2.75) is 45.6 Å². The first kappa shape index (κ1) is 23.7. The van der Waals surface area contributed by atoms with Gasteiger partial charge in [-0.05, 0) is 56.8 Å². The third kappa shape index (κ3) is 7.62. The van der Waals surface area contributed by atoms with Gasteiger partial charge in [0.1, 0.15) is 0 Å². The van der Waals surface area contributed by atoms with Gasteiger partial charge in [-0.3, -0.25) is 4.99 Å². The summed E-state index contributed by atoms with van der Waals surface area (Å²) in [5.41, 5.74) is 2.29. The van der Waals surface area contributed by atoms with Crippen molar-refractivity contribution in [3.8, 4) is 5.69 Å². The van der Waals surface area contributed by atoms with Crippen LogP contribution in [-0.2, 0) is 6.42 Å². The minimum atomic E-state index is 0. The van der Waals surface area contributed by atoms with E-state index in [4.69, 9.17) is 4.99 Å². The van der Waals surface area contributed by atoms with Gasteiger partial charge in [0, 0.05) is 38.4 Å². The third-order valence-electron chi connectivity index (χ3n) is 5.14. The topological polar surface area (TPSA) is 57.5 Å². The van der Waals surface area contributed by atoms with Crippen LogP contribution in [0.3, 0.4) is 0 Å². The lowest BCUT2D eigenvalue weighted by molar-refractivity contribution is 0.206. The average Bonchev–Trinajstić information content (AvgIpc) is 3.19. The van der Waals surface area contributed by atoms with E-state index >= 15 is 0 Å². The maximum atomic E-state index is 4.78. The molecule has 1 saturated heterocycles. The molecular weight excluding hydrogens is 475 g/mol. The third-order valence-corrected chi connectivity index (χ3v) is 5.14. The molecule has 1 aliphatic heterocycles. The molecule has 0 radical (unpaired) electrons. The number of guanidine groups is 1. The van der Waals surface area contributed by atoms with Crippen LogP contribution in [0, 0.1) is 0 Å². The highest BCUT2D eigenvalue weighted by atomic mass is 127. The molecule has 0 unspecified atom stereocenters. The normalized spacial score (nSPS) is 15.7. The van der Waals surface area contributed by atoms with Crippen LogP contribution in [0.15, 0.2) is 47.7 Å². The molecule has 0 amide bonds. The minimum absolute atomic E-state index is 0. The number of hydrogen-bond acceptors (Lipinski definition) is 3. The molecule has 0 spiro atoms. The van der Waals surface area contributed by atoms with Crippen LogP contribution in [0.25, 0.3) is 5.69 Å². The van der Waals surface area contributed by atoms with Gasteiger partial charge in [-0.15, -0.1) is 24.0 Å². The molecule has 0 atom stereocenters. The fraction of sp³-hybridized carbons (Fsp3) is 0.545. The van der Waals surface area contributed by atoms with Crippen LogP contribution in [-0.4, -0.2) is 59.4 Å². The lowest BCUT2D eigenvalue weighted by Gasteiger charge is -2.32. The number of hydrogen-bond donors (Lipinski definition) is 2. The van der Waals surface area contributed by atoms with Crippen LogP contribution in [0.4, 0.5) is 0 Å². The average molecular weight is 510 g/mol. The molecule has 3 rings (SSSR count). The highest BCUT2D eigenvalue weighted by Gasteiger charge is 2.19. The number of nitrogens with zero attached hydrogens (tertiary/aromatic N) is 4. The van der Waals surface area contributed by atoms with Gasteiger partial charge in [-0.25, -0.2) is 4.68 Å². The van der Waals surface area contributed by atoms with E-state index in [9.17, 15) is 0 Å². The van der Waals surface area contributed by atoms with E-state index in [1.165, 1.54) is 44.5 Å². The first-order valence-electron chi connectivity index (χ1n) is 10.6. The van der Waals surface area contributed by atoms with Crippen molar-refractivity contribution in [1.29, 1.82) is 0 Å². The summed E-state index contributed by atoms with van der Waals surface area (Å²) in [7, 11) is 0. The van der Waals surface area contributed by atoms with Gasteiger partial charge in [0.2, 0.25) is 0 Å². The Morgan fingerprint density at radius 3 is 2.62 bits per heavy atom. The van der Waals surface area contributed by atoms with Crippen LogP contribution in [0.5, 0.6) is 0 Å². The Kier molecular flexibility index (Phi) is 10.5. The second kappa shape index (κ2) is 12.8. The van der Waals surface area contributed by atoms with Crippen molar-refractivity contribution in [3.63, 3.8) is 0 Å². The molecule has 0 aliphatic carbocycles. The predicted molar refractivity (Wildman–Crippen MR) is 132 cm³/mol. The van der Waals surface area contributed by atoms with Gasteiger partial charge in [0.25, 0.3) is 0 Å². The second-order valence-electron chi connectivity index (χ2n) is 7.40. The summed E-state index contributed by atoms with van der Waals surface area (Å²) in [4.78, 5) is 7.35. The van der Waals surface area contributed by atoms with E-state index in [-0.39, 0.29) is 24.0 Å². The lowest BCUT2D eigenvalue weighted by atomic mass is 10.1. The van der Waals surface area contributed by atoms with Crippen molar-refractivity contribution in [2.75, 3.05) is 32.7 Å². The van der Waals surface area contributed by atoms with E-state index in [1.54, 1.807) is 0 Å². The molecule has 2 N–H and O–H groups in total. The van der Waals surface area contributed by atoms with Gasteiger partial charge in [0.15, 0.2) is 5.96 Å². The van der Waals surface area contributed by atoms with E-state index in [0.29, 0.717) is 6.04 Å². The van der Waals surface area contributed by atoms with Gasteiger partial charge in [0.05, 0.1) is 11.9 Å². The number of benzene rings is 1. The van der Waals surface area contributed by atoms with Crippen molar-refractivity contribution in [1.82, 2.24) is 25.3 Å². The second-order valence-corrected chi connectivity index (χ2v) is 7.40. The summed E-state index contributed by atoms with van der Waals surface area (Å²) < 4.78 is 1.92. The molecule has 1 fully saturated rings. The molecule has 0 bridgehead atoms. The summed E-state index contributed by atoms with van der Waals surface area (Å²) in [6.07, 6.45) is 8.53. The van der Waals surface area contributed by atoms with Crippen molar-refractivity contribution < 1.29 is 0 Å². The van der Waals surface area contributed by atoms with Crippen LogP contribution in [0.2, 0.25) is 0 Å². The Labute approximate surface area is 192 Å². The highest BCUT2D eigenvalue weighted by Crippen LogP contribution is 2.11. The van der Waals surface area contributed by atoms with E-state index in [2.05, 4.69) is 52.8 Å². The number of halogens is 1. The summed E-state index contributed by atoms with van der Waals surface area (Å²) >= 11 is 0. The molecule has 2 heterocycles. The van der Waals surface area contributed by atoms with E-state index in [0.717, 1.165) is 31.2 Å². The van der Waals surface area contributed by atoms with Crippen LogP contribution >= 0.6 is 24.0 Å². The number of aliphatic imine (C=N–C) groups is 1. The zero-order valence-corrected chi connectivity index (χ0v) is 20.0. The summed E-state index contributed by atoms with van der Waals surface area (Å²) in [6, 6.07) is 10.7. The number of para-hydroxylation sites is 1. The molecule has 1 aromatic carbocycles. The molecule has 7 heteroatoms. The van der Waals surface area contributed by atoms with E-state index in [1.807, 2.05) is 29.1 Å². The van der Waals surface area contributed by atoms with Gasteiger partial charge in [-0.2, -0.15) is 5.10 Å². The quantitative estimate of drug-likeness (QED) is 0.325. The van der Waals surface area contributed by atoms with Gasteiger partial charge < -0.3 is 15.5 Å². The van der Waals surface area contributed by atoms with Crippen LogP contribution in [0.1, 0.15) is 38.7 Å². The van der Waals surface area contributed by atoms with E-state index < -0.39 is 0 Å². The lowest BCUT2D eigenvalue weighted by Crippen LogP contribution is -2.48. The molecule has 0 saturated carbocycles. The monoisotopic (exact) mass is 510 g/mol. The number of aromatic nitrogens is 2. The fourth-order valence-corrected chi connectivity index (χ4v) is 3.64. The Balaban J connectivity index is 0.00000300. The predicted octanol–water partition coefficient (Wildman–Crippen LogP) is 3.46. The van der Waals surface area contributed by atoms with Crippen molar-refractivity contribution in [2.24, 2.45) is 4.99 Å². The summed E-state index contributed by atoms with van der Waals surface area (Å²) in [5.74, 6) is 0.937. The SMILES string of the molecule is CCCN1CCC(NC(=NCCc2cnn(-c3ccccc3)c2)NCC)CC1.I. The molecular formula is C22H35IN6. The minimum Gasteiger partial charge on any atom is -0.357 e. The smallest absolute Gasteiger partial charge is 0.191 e. The molecule has 2 aromatic rings. The molecule has 6 nitrogen and oxygen atoms in total. The number of likely N-dealkylation sites (tertiary alicyclic amines) is 1.